The molecule has 0 fully saturated rings. The van der Waals surface area contributed by atoms with E-state index in [1.165, 1.54) is 0 Å². The lowest BCUT2D eigenvalue weighted by Crippen LogP contribution is -2.25. The van der Waals surface area contributed by atoms with Crippen molar-refractivity contribution >= 4 is 22.5 Å². The molecule has 3 aromatic rings. The lowest BCUT2D eigenvalue weighted by molar-refractivity contribution is 0.523. The van der Waals surface area contributed by atoms with Gasteiger partial charge in [-0.2, -0.15) is 0 Å². The van der Waals surface area contributed by atoms with Gasteiger partial charge in [0.15, 0.2) is 0 Å². The molecule has 0 N–H and O–H groups in total. The van der Waals surface area contributed by atoms with E-state index in [9.17, 15) is 4.79 Å². The van der Waals surface area contributed by atoms with Gasteiger partial charge in [0.2, 0.25) is 0 Å². The molecule has 0 bridgehead atoms. The highest BCUT2D eigenvalue weighted by Crippen LogP contribution is 2.19. The van der Waals surface area contributed by atoms with Crippen LogP contribution in [0.3, 0.4) is 0 Å². The molecule has 2 heterocycles. The second-order valence-electron chi connectivity index (χ2n) is 5.00. The van der Waals surface area contributed by atoms with Crippen LogP contribution in [0, 0.1) is 0 Å². The van der Waals surface area contributed by atoms with Crippen molar-refractivity contribution in [2.75, 3.05) is 0 Å². The number of pyridine rings is 1. The summed E-state index contributed by atoms with van der Waals surface area (Å²) in [5.41, 5.74) is 1.65. The third kappa shape index (κ3) is 2.67. The Labute approximate surface area is 127 Å². The van der Waals surface area contributed by atoms with Crippen LogP contribution in [-0.4, -0.2) is 14.5 Å². The third-order valence-electron chi connectivity index (χ3n) is 3.52. The standard InChI is InChI=1S/C16H14ClN3O/c1-11(9-12-5-7-18-8-6-12)20-10-19-14-4-2-3-13(17)15(14)16(20)21/h2-8,10-11H,9H2,1H3. The Morgan fingerprint density at radius 2 is 2.00 bits per heavy atom. The maximum atomic E-state index is 12.6. The predicted octanol–water partition coefficient (Wildman–Crippen LogP) is 3.25. The normalized spacial score (nSPS) is 12.5. The van der Waals surface area contributed by atoms with Crippen molar-refractivity contribution in [1.82, 2.24) is 14.5 Å². The van der Waals surface area contributed by atoms with Gasteiger partial charge in [-0.1, -0.05) is 17.7 Å². The molecule has 21 heavy (non-hydrogen) atoms. The number of aromatic nitrogens is 3. The largest absolute Gasteiger partial charge is 0.296 e. The van der Waals surface area contributed by atoms with Crippen LogP contribution in [0.15, 0.2) is 53.8 Å². The molecule has 0 radical (unpaired) electrons. The van der Waals surface area contributed by atoms with Crippen molar-refractivity contribution in [2.45, 2.75) is 19.4 Å². The average Bonchev–Trinajstić information content (AvgIpc) is 2.48. The first-order valence-corrected chi connectivity index (χ1v) is 7.09. The Bertz CT molecular complexity index is 830. The zero-order chi connectivity index (χ0) is 14.8. The van der Waals surface area contributed by atoms with E-state index in [1.807, 2.05) is 19.1 Å². The molecular formula is C16H14ClN3O. The molecule has 0 saturated heterocycles. The summed E-state index contributed by atoms with van der Waals surface area (Å²) in [5, 5.41) is 0.915. The van der Waals surface area contributed by atoms with E-state index in [1.54, 1.807) is 41.5 Å². The summed E-state index contributed by atoms with van der Waals surface area (Å²) in [6.07, 6.45) is 5.83. The Morgan fingerprint density at radius 1 is 1.24 bits per heavy atom. The molecule has 0 spiro atoms. The van der Waals surface area contributed by atoms with E-state index < -0.39 is 0 Å². The predicted molar refractivity (Wildman–Crippen MR) is 83.7 cm³/mol. The van der Waals surface area contributed by atoms with Gasteiger partial charge in [0.05, 0.1) is 22.3 Å². The Kier molecular flexibility index (Phi) is 3.71. The van der Waals surface area contributed by atoms with Gasteiger partial charge in [0.1, 0.15) is 0 Å². The van der Waals surface area contributed by atoms with Gasteiger partial charge in [-0.25, -0.2) is 4.98 Å². The average molecular weight is 300 g/mol. The Balaban J connectivity index is 2.03. The van der Waals surface area contributed by atoms with E-state index in [2.05, 4.69) is 9.97 Å². The smallest absolute Gasteiger partial charge is 0.262 e. The lowest BCUT2D eigenvalue weighted by Gasteiger charge is -2.15. The van der Waals surface area contributed by atoms with Crippen LogP contribution in [0.1, 0.15) is 18.5 Å². The fraction of sp³-hybridized carbons (Fsp3) is 0.188. The van der Waals surface area contributed by atoms with Gasteiger partial charge in [-0.05, 0) is 43.2 Å². The van der Waals surface area contributed by atoms with E-state index in [0.717, 1.165) is 12.0 Å². The molecule has 0 saturated carbocycles. The minimum Gasteiger partial charge on any atom is -0.296 e. The van der Waals surface area contributed by atoms with Crippen LogP contribution in [-0.2, 0) is 6.42 Å². The van der Waals surface area contributed by atoms with Crippen LogP contribution in [0.5, 0.6) is 0 Å². The molecule has 1 unspecified atom stereocenters. The van der Waals surface area contributed by atoms with Crippen LogP contribution in [0.4, 0.5) is 0 Å². The van der Waals surface area contributed by atoms with Gasteiger partial charge in [0.25, 0.3) is 5.56 Å². The second-order valence-corrected chi connectivity index (χ2v) is 5.41. The molecule has 5 heteroatoms. The zero-order valence-corrected chi connectivity index (χ0v) is 12.3. The molecule has 106 valence electrons. The molecular weight excluding hydrogens is 286 g/mol. The number of halogens is 1. The molecule has 0 amide bonds. The summed E-state index contributed by atoms with van der Waals surface area (Å²) in [6.45, 7) is 1.99. The maximum Gasteiger partial charge on any atom is 0.262 e. The monoisotopic (exact) mass is 299 g/mol. The number of fused-ring (bicyclic) bond motifs is 1. The van der Waals surface area contributed by atoms with E-state index in [-0.39, 0.29) is 11.6 Å². The number of nitrogens with zero attached hydrogens (tertiary/aromatic N) is 3. The number of hydrogen-bond donors (Lipinski definition) is 0. The molecule has 1 aromatic carbocycles. The highest BCUT2D eigenvalue weighted by molar-refractivity contribution is 6.35. The number of hydrogen-bond acceptors (Lipinski definition) is 3. The first-order valence-electron chi connectivity index (χ1n) is 6.71. The van der Waals surface area contributed by atoms with E-state index in [0.29, 0.717) is 15.9 Å². The van der Waals surface area contributed by atoms with Gasteiger partial charge in [-0.3, -0.25) is 14.3 Å². The second kappa shape index (κ2) is 5.66. The van der Waals surface area contributed by atoms with Crippen molar-refractivity contribution in [1.29, 1.82) is 0 Å². The Hall–Kier alpha value is -2.20. The van der Waals surface area contributed by atoms with E-state index in [4.69, 9.17) is 11.6 Å². The minimum absolute atomic E-state index is 0.00641. The summed E-state index contributed by atoms with van der Waals surface area (Å²) >= 11 is 6.14. The quantitative estimate of drug-likeness (QED) is 0.746. The van der Waals surface area contributed by atoms with Crippen molar-refractivity contribution in [3.8, 4) is 0 Å². The first-order chi connectivity index (χ1) is 10.2. The maximum absolute atomic E-state index is 12.6. The molecule has 2 aromatic heterocycles. The van der Waals surface area contributed by atoms with Gasteiger partial charge >= 0.3 is 0 Å². The van der Waals surface area contributed by atoms with Crippen molar-refractivity contribution in [2.24, 2.45) is 0 Å². The molecule has 0 aliphatic rings. The fourth-order valence-corrected chi connectivity index (χ4v) is 2.66. The van der Waals surface area contributed by atoms with Crippen LogP contribution >= 0.6 is 11.6 Å². The van der Waals surface area contributed by atoms with E-state index >= 15 is 0 Å². The van der Waals surface area contributed by atoms with Crippen molar-refractivity contribution < 1.29 is 0 Å². The van der Waals surface area contributed by atoms with Crippen LogP contribution in [0.25, 0.3) is 10.9 Å². The summed E-state index contributed by atoms with van der Waals surface area (Å²) in [5.74, 6) is 0. The minimum atomic E-state index is -0.104. The topological polar surface area (TPSA) is 47.8 Å². The van der Waals surface area contributed by atoms with Crippen LogP contribution < -0.4 is 5.56 Å². The van der Waals surface area contributed by atoms with Gasteiger partial charge < -0.3 is 0 Å². The first kappa shape index (κ1) is 13.8. The highest BCUT2D eigenvalue weighted by atomic mass is 35.5. The summed E-state index contributed by atoms with van der Waals surface area (Å²) in [4.78, 5) is 20.9. The molecule has 4 nitrogen and oxygen atoms in total. The molecule has 0 aliphatic carbocycles. The van der Waals surface area contributed by atoms with Crippen molar-refractivity contribution in [3.05, 3.63) is 70.0 Å². The highest BCUT2D eigenvalue weighted by Gasteiger charge is 2.12. The van der Waals surface area contributed by atoms with Crippen molar-refractivity contribution in [3.63, 3.8) is 0 Å². The third-order valence-corrected chi connectivity index (χ3v) is 3.83. The Morgan fingerprint density at radius 3 is 2.76 bits per heavy atom. The molecule has 1 atom stereocenters. The zero-order valence-electron chi connectivity index (χ0n) is 11.5. The SMILES string of the molecule is CC(Cc1ccncc1)n1cnc2cccc(Cl)c2c1=O. The fourth-order valence-electron chi connectivity index (χ4n) is 2.41. The molecule has 3 rings (SSSR count). The summed E-state index contributed by atoms with van der Waals surface area (Å²) in [7, 11) is 0. The number of benzene rings is 1. The summed E-state index contributed by atoms with van der Waals surface area (Å²) in [6, 6.07) is 9.19. The van der Waals surface area contributed by atoms with Gasteiger partial charge in [-0.15, -0.1) is 0 Å². The summed E-state index contributed by atoms with van der Waals surface area (Å²) < 4.78 is 1.63. The lowest BCUT2D eigenvalue weighted by atomic mass is 10.1. The van der Waals surface area contributed by atoms with Crippen LogP contribution in [0.2, 0.25) is 5.02 Å². The molecule has 0 aliphatic heterocycles. The van der Waals surface area contributed by atoms with Gasteiger partial charge in [0, 0.05) is 18.4 Å². The number of rotatable bonds is 3.